The number of benzene rings is 1. The van der Waals surface area contributed by atoms with Gasteiger partial charge < -0.3 is 10.0 Å². The summed E-state index contributed by atoms with van der Waals surface area (Å²) in [5.74, 6) is -0.722. The number of amides is 1. The average Bonchev–Trinajstić information content (AvgIpc) is 2.77. The van der Waals surface area contributed by atoms with Gasteiger partial charge in [-0.3, -0.25) is 4.79 Å². The fourth-order valence-electron chi connectivity index (χ4n) is 2.57. The zero-order valence-corrected chi connectivity index (χ0v) is 10.7. The van der Waals surface area contributed by atoms with E-state index in [-0.39, 0.29) is 23.3 Å². The first kappa shape index (κ1) is 12.9. The summed E-state index contributed by atoms with van der Waals surface area (Å²) in [6.07, 6.45) is 1.94. The Bertz CT molecular complexity index is 459. The molecule has 1 N–H and O–H groups in total. The van der Waals surface area contributed by atoms with Crippen molar-refractivity contribution in [2.75, 3.05) is 6.54 Å². The molecule has 1 fully saturated rings. The third kappa shape index (κ3) is 2.33. The molecule has 1 heterocycles. The van der Waals surface area contributed by atoms with Gasteiger partial charge in [-0.15, -0.1) is 0 Å². The van der Waals surface area contributed by atoms with Crippen molar-refractivity contribution in [1.29, 1.82) is 0 Å². The highest BCUT2D eigenvalue weighted by molar-refractivity contribution is 5.95. The van der Waals surface area contributed by atoms with E-state index >= 15 is 0 Å². The van der Waals surface area contributed by atoms with Gasteiger partial charge in [0.1, 0.15) is 11.6 Å². The second-order valence-electron chi connectivity index (χ2n) is 5.12. The molecule has 1 aliphatic rings. The van der Waals surface area contributed by atoms with Gasteiger partial charge in [-0.2, -0.15) is 0 Å². The molecule has 3 nitrogen and oxygen atoms in total. The smallest absolute Gasteiger partial charge is 0.257 e. The highest BCUT2D eigenvalue weighted by Gasteiger charge is 2.32. The summed E-state index contributed by atoms with van der Waals surface area (Å²) in [4.78, 5) is 14.0. The second kappa shape index (κ2) is 4.96. The summed E-state index contributed by atoms with van der Waals surface area (Å²) in [7, 11) is 0. The van der Waals surface area contributed by atoms with Crippen LogP contribution in [0.15, 0.2) is 18.2 Å². The van der Waals surface area contributed by atoms with E-state index in [0.717, 1.165) is 18.9 Å². The van der Waals surface area contributed by atoms with Crippen molar-refractivity contribution >= 4 is 5.91 Å². The molecule has 0 aliphatic carbocycles. The van der Waals surface area contributed by atoms with Gasteiger partial charge in [-0.25, -0.2) is 4.39 Å². The van der Waals surface area contributed by atoms with Crippen LogP contribution in [0.1, 0.15) is 37.0 Å². The van der Waals surface area contributed by atoms with Crippen molar-refractivity contribution < 1.29 is 14.3 Å². The van der Waals surface area contributed by atoms with E-state index < -0.39 is 5.82 Å². The number of rotatable bonds is 2. The van der Waals surface area contributed by atoms with Crippen molar-refractivity contribution in [1.82, 2.24) is 4.90 Å². The molecule has 2 rings (SSSR count). The van der Waals surface area contributed by atoms with E-state index in [1.54, 1.807) is 4.90 Å². The third-order valence-electron chi connectivity index (χ3n) is 3.51. The predicted octanol–water partition coefficient (Wildman–Crippen LogP) is 2.79. The van der Waals surface area contributed by atoms with Crippen LogP contribution in [-0.2, 0) is 0 Å². The number of phenols is 1. The predicted molar refractivity (Wildman–Crippen MR) is 67.0 cm³/mol. The Morgan fingerprint density at radius 2 is 2.22 bits per heavy atom. The van der Waals surface area contributed by atoms with Crippen LogP contribution in [0.4, 0.5) is 4.39 Å². The average molecular weight is 251 g/mol. The van der Waals surface area contributed by atoms with Crippen LogP contribution in [0.25, 0.3) is 0 Å². The summed E-state index contributed by atoms with van der Waals surface area (Å²) in [6.45, 7) is 4.83. The second-order valence-corrected chi connectivity index (χ2v) is 5.12. The SMILES string of the molecule is CC(C)C1CCCN1C(=O)c1ccc(O)cc1F. The van der Waals surface area contributed by atoms with E-state index in [2.05, 4.69) is 13.8 Å². The molecule has 1 unspecified atom stereocenters. The van der Waals surface area contributed by atoms with E-state index in [4.69, 9.17) is 5.11 Å². The van der Waals surface area contributed by atoms with E-state index in [9.17, 15) is 9.18 Å². The maximum Gasteiger partial charge on any atom is 0.257 e. The first-order valence-corrected chi connectivity index (χ1v) is 6.30. The molecule has 1 atom stereocenters. The molecule has 18 heavy (non-hydrogen) atoms. The molecule has 1 aromatic rings. The Morgan fingerprint density at radius 3 is 2.83 bits per heavy atom. The Morgan fingerprint density at radius 1 is 1.50 bits per heavy atom. The standard InChI is InChI=1S/C14H18FNO2/c1-9(2)13-4-3-7-16(13)14(18)11-6-5-10(17)8-12(11)15/h5-6,8-9,13,17H,3-4,7H2,1-2H3. The van der Waals surface area contributed by atoms with Crippen molar-refractivity contribution in [3.05, 3.63) is 29.6 Å². The van der Waals surface area contributed by atoms with E-state index in [0.29, 0.717) is 12.5 Å². The summed E-state index contributed by atoms with van der Waals surface area (Å²) >= 11 is 0. The summed E-state index contributed by atoms with van der Waals surface area (Å²) in [5.41, 5.74) is 0.0420. The Labute approximate surface area is 106 Å². The van der Waals surface area contributed by atoms with Gasteiger partial charge in [0.15, 0.2) is 0 Å². The minimum absolute atomic E-state index is 0.0420. The van der Waals surface area contributed by atoms with Gasteiger partial charge in [-0.05, 0) is 30.9 Å². The van der Waals surface area contributed by atoms with Crippen LogP contribution >= 0.6 is 0 Å². The molecule has 1 aromatic carbocycles. The number of likely N-dealkylation sites (tertiary alicyclic amines) is 1. The fourth-order valence-corrected chi connectivity index (χ4v) is 2.57. The molecule has 0 aromatic heterocycles. The van der Waals surface area contributed by atoms with Crippen LogP contribution in [0.5, 0.6) is 5.75 Å². The van der Waals surface area contributed by atoms with E-state index in [1.807, 2.05) is 0 Å². The van der Waals surface area contributed by atoms with Crippen molar-refractivity contribution in [3.63, 3.8) is 0 Å². The largest absolute Gasteiger partial charge is 0.508 e. The maximum atomic E-state index is 13.7. The number of carbonyl (C=O) groups is 1. The lowest BCUT2D eigenvalue weighted by Crippen LogP contribution is -2.38. The van der Waals surface area contributed by atoms with Gasteiger partial charge in [0.2, 0.25) is 0 Å². The monoisotopic (exact) mass is 251 g/mol. The number of nitrogens with zero attached hydrogens (tertiary/aromatic N) is 1. The molecule has 1 amide bonds. The van der Waals surface area contributed by atoms with Gasteiger partial charge in [-0.1, -0.05) is 13.8 Å². The fraction of sp³-hybridized carbons (Fsp3) is 0.500. The van der Waals surface area contributed by atoms with Gasteiger partial charge in [0.25, 0.3) is 5.91 Å². The van der Waals surface area contributed by atoms with Crippen LogP contribution in [0, 0.1) is 11.7 Å². The topological polar surface area (TPSA) is 40.5 Å². The number of phenolic OH excluding ortho intramolecular Hbond substituents is 1. The van der Waals surface area contributed by atoms with Crippen LogP contribution in [-0.4, -0.2) is 28.5 Å². The summed E-state index contributed by atoms with van der Waals surface area (Å²) < 4.78 is 13.7. The normalized spacial score (nSPS) is 19.6. The Hall–Kier alpha value is -1.58. The lowest BCUT2D eigenvalue weighted by molar-refractivity contribution is 0.0697. The molecule has 1 aliphatic heterocycles. The number of aromatic hydroxyl groups is 1. The van der Waals surface area contributed by atoms with Crippen molar-refractivity contribution in [2.45, 2.75) is 32.7 Å². The molecule has 0 spiro atoms. The highest BCUT2D eigenvalue weighted by atomic mass is 19.1. The maximum absolute atomic E-state index is 13.7. The number of carbonyl (C=O) groups excluding carboxylic acids is 1. The molecule has 0 saturated carbocycles. The minimum Gasteiger partial charge on any atom is -0.508 e. The van der Waals surface area contributed by atoms with E-state index in [1.165, 1.54) is 12.1 Å². The first-order valence-electron chi connectivity index (χ1n) is 6.30. The number of halogens is 1. The minimum atomic E-state index is -0.658. The Kier molecular flexibility index (Phi) is 3.55. The van der Waals surface area contributed by atoms with Gasteiger partial charge in [0, 0.05) is 18.7 Å². The quantitative estimate of drug-likeness (QED) is 0.878. The number of hydrogen-bond donors (Lipinski definition) is 1. The molecule has 1 saturated heterocycles. The summed E-state index contributed by atoms with van der Waals surface area (Å²) in [5, 5.41) is 9.16. The zero-order valence-electron chi connectivity index (χ0n) is 10.7. The van der Waals surface area contributed by atoms with Crippen LogP contribution < -0.4 is 0 Å². The lowest BCUT2D eigenvalue weighted by atomic mass is 10.0. The van der Waals surface area contributed by atoms with Gasteiger partial charge in [0.05, 0.1) is 5.56 Å². The van der Waals surface area contributed by atoms with Crippen LogP contribution in [0.2, 0.25) is 0 Å². The molecule has 0 bridgehead atoms. The molecular formula is C14H18FNO2. The van der Waals surface area contributed by atoms with Crippen molar-refractivity contribution in [3.8, 4) is 5.75 Å². The zero-order chi connectivity index (χ0) is 13.3. The number of hydrogen-bond acceptors (Lipinski definition) is 2. The Balaban J connectivity index is 2.25. The molecule has 98 valence electrons. The van der Waals surface area contributed by atoms with Crippen molar-refractivity contribution in [2.24, 2.45) is 5.92 Å². The lowest BCUT2D eigenvalue weighted by Gasteiger charge is -2.27. The molecular weight excluding hydrogens is 233 g/mol. The molecule has 0 radical (unpaired) electrons. The van der Waals surface area contributed by atoms with Gasteiger partial charge >= 0.3 is 0 Å². The summed E-state index contributed by atoms with van der Waals surface area (Å²) in [6, 6.07) is 3.86. The first-order chi connectivity index (χ1) is 8.50. The highest BCUT2D eigenvalue weighted by Crippen LogP contribution is 2.26. The molecule has 4 heteroatoms. The third-order valence-corrected chi connectivity index (χ3v) is 3.51. The van der Waals surface area contributed by atoms with Crippen LogP contribution in [0.3, 0.4) is 0 Å².